The Bertz CT molecular complexity index is 1210. The molecule has 4 rings (SSSR count). The van der Waals surface area contributed by atoms with Gasteiger partial charge in [-0.1, -0.05) is 55.1 Å². The zero-order valence-electron chi connectivity index (χ0n) is 18.0. The highest BCUT2D eigenvalue weighted by atomic mass is 16.6. The number of ether oxygens (including phenoxy) is 3. The summed E-state index contributed by atoms with van der Waals surface area (Å²) in [6.45, 7) is 6.12. The van der Waals surface area contributed by atoms with Gasteiger partial charge in [0.2, 0.25) is 5.90 Å². The number of benzene rings is 3. The van der Waals surface area contributed by atoms with Gasteiger partial charge in [0.15, 0.2) is 17.2 Å². The molecule has 0 unspecified atom stereocenters. The number of rotatable bonds is 7. The maximum absolute atomic E-state index is 12.4. The molecule has 32 heavy (non-hydrogen) atoms. The van der Waals surface area contributed by atoms with E-state index in [-0.39, 0.29) is 11.6 Å². The molecule has 0 spiro atoms. The van der Waals surface area contributed by atoms with Crippen molar-refractivity contribution >= 4 is 17.9 Å². The standard InChI is InChI=1S/C27H23NO4/c1-18(2)17-31-24-14-9-19(16-25(24)30-3)15-23-27(29)32-26(28-23)22-12-10-21(11-13-22)20-7-5-4-6-8-20/h4-16H,1,17H2,2-3H3/b23-15-. The third kappa shape index (κ3) is 4.78. The van der Waals surface area contributed by atoms with Gasteiger partial charge in [0.1, 0.15) is 6.61 Å². The van der Waals surface area contributed by atoms with Gasteiger partial charge in [-0.15, -0.1) is 0 Å². The van der Waals surface area contributed by atoms with Crippen LogP contribution in [-0.2, 0) is 9.53 Å². The molecule has 160 valence electrons. The van der Waals surface area contributed by atoms with Crippen LogP contribution >= 0.6 is 0 Å². The molecule has 0 aromatic heterocycles. The lowest BCUT2D eigenvalue weighted by Crippen LogP contribution is -2.05. The van der Waals surface area contributed by atoms with E-state index in [0.717, 1.165) is 27.8 Å². The molecule has 3 aromatic carbocycles. The number of hydrogen-bond acceptors (Lipinski definition) is 5. The number of aliphatic imine (C=N–C) groups is 1. The number of methoxy groups -OCH3 is 1. The maximum atomic E-state index is 12.4. The van der Waals surface area contributed by atoms with Crippen LogP contribution in [0.2, 0.25) is 0 Å². The number of carbonyl (C=O) groups excluding carboxylic acids is 1. The topological polar surface area (TPSA) is 57.1 Å². The Balaban J connectivity index is 1.55. The molecule has 0 bridgehead atoms. The Morgan fingerprint density at radius 1 is 0.969 bits per heavy atom. The van der Waals surface area contributed by atoms with Gasteiger partial charge in [-0.05, 0) is 59.5 Å². The Hall–Kier alpha value is -4.12. The summed E-state index contributed by atoms with van der Waals surface area (Å²) in [5, 5.41) is 0. The van der Waals surface area contributed by atoms with Gasteiger partial charge in [-0.3, -0.25) is 0 Å². The summed E-state index contributed by atoms with van der Waals surface area (Å²) in [4.78, 5) is 16.8. The second kappa shape index (κ2) is 9.35. The maximum Gasteiger partial charge on any atom is 0.363 e. The summed E-state index contributed by atoms with van der Waals surface area (Å²) in [6, 6.07) is 23.2. The van der Waals surface area contributed by atoms with Crippen molar-refractivity contribution < 1.29 is 19.0 Å². The molecule has 0 fully saturated rings. The van der Waals surface area contributed by atoms with Crippen molar-refractivity contribution in [2.45, 2.75) is 6.92 Å². The molecule has 0 saturated heterocycles. The van der Waals surface area contributed by atoms with Crippen LogP contribution in [-0.4, -0.2) is 25.6 Å². The predicted octanol–water partition coefficient (Wildman–Crippen LogP) is 5.66. The first-order chi connectivity index (χ1) is 15.5. The van der Waals surface area contributed by atoms with E-state index in [0.29, 0.717) is 18.1 Å². The van der Waals surface area contributed by atoms with E-state index in [9.17, 15) is 4.79 Å². The molecule has 3 aromatic rings. The molecule has 5 heteroatoms. The van der Waals surface area contributed by atoms with E-state index in [1.165, 1.54) is 0 Å². The zero-order valence-corrected chi connectivity index (χ0v) is 18.0. The minimum atomic E-state index is -0.492. The van der Waals surface area contributed by atoms with E-state index < -0.39 is 5.97 Å². The number of nitrogens with zero attached hydrogens (tertiary/aromatic N) is 1. The highest BCUT2D eigenvalue weighted by molar-refractivity contribution is 6.13. The molecule has 1 aliphatic rings. The van der Waals surface area contributed by atoms with Crippen LogP contribution in [0.15, 0.2) is 95.6 Å². The summed E-state index contributed by atoms with van der Waals surface area (Å²) in [6.07, 6.45) is 1.67. The number of esters is 1. The molecule has 5 nitrogen and oxygen atoms in total. The van der Waals surface area contributed by atoms with Crippen molar-refractivity contribution in [2.24, 2.45) is 4.99 Å². The molecule has 0 aliphatic carbocycles. The first kappa shape index (κ1) is 21.1. The zero-order chi connectivity index (χ0) is 22.5. The summed E-state index contributed by atoms with van der Waals surface area (Å²) >= 11 is 0. The fourth-order valence-electron chi connectivity index (χ4n) is 3.22. The Morgan fingerprint density at radius 3 is 2.34 bits per heavy atom. The van der Waals surface area contributed by atoms with E-state index in [4.69, 9.17) is 14.2 Å². The lowest BCUT2D eigenvalue weighted by atomic mass is 10.0. The molecule has 0 amide bonds. The molecular weight excluding hydrogens is 402 g/mol. The van der Waals surface area contributed by atoms with E-state index in [2.05, 4.69) is 11.6 Å². The average Bonchev–Trinajstić information content (AvgIpc) is 3.18. The van der Waals surface area contributed by atoms with Crippen molar-refractivity contribution in [3.8, 4) is 22.6 Å². The monoisotopic (exact) mass is 425 g/mol. The summed E-state index contributed by atoms with van der Waals surface area (Å²) in [5.74, 6) is 0.963. The molecule has 1 heterocycles. The number of cyclic esters (lactones) is 1. The molecule has 0 radical (unpaired) electrons. The van der Waals surface area contributed by atoms with Crippen LogP contribution in [0.4, 0.5) is 0 Å². The summed E-state index contributed by atoms with van der Waals surface area (Å²) < 4.78 is 16.5. The fourth-order valence-corrected chi connectivity index (χ4v) is 3.22. The van der Waals surface area contributed by atoms with Gasteiger partial charge in [0.25, 0.3) is 0 Å². The third-order valence-corrected chi connectivity index (χ3v) is 4.82. The van der Waals surface area contributed by atoms with Crippen molar-refractivity contribution in [1.29, 1.82) is 0 Å². The van der Waals surface area contributed by atoms with Gasteiger partial charge in [0.05, 0.1) is 7.11 Å². The van der Waals surface area contributed by atoms with Crippen molar-refractivity contribution in [3.63, 3.8) is 0 Å². The van der Waals surface area contributed by atoms with E-state index in [1.807, 2.05) is 67.6 Å². The first-order valence-corrected chi connectivity index (χ1v) is 10.2. The molecule has 1 aliphatic heterocycles. The average molecular weight is 425 g/mol. The van der Waals surface area contributed by atoms with Crippen molar-refractivity contribution in [1.82, 2.24) is 0 Å². The van der Waals surface area contributed by atoms with Crippen LogP contribution in [0.25, 0.3) is 17.2 Å². The first-order valence-electron chi connectivity index (χ1n) is 10.2. The minimum Gasteiger partial charge on any atom is -0.493 e. The van der Waals surface area contributed by atoms with Gasteiger partial charge >= 0.3 is 5.97 Å². The van der Waals surface area contributed by atoms with Crippen LogP contribution in [0.5, 0.6) is 11.5 Å². The van der Waals surface area contributed by atoms with Gasteiger partial charge in [0, 0.05) is 5.56 Å². The third-order valence-electron chi connectivity index (χ3n) is 4.82. The summed E-state index contributed by atoms with van der Waals surface area (Å²) in [5.41, 5.74) is 4.82. The summed E-state index contributed by atoms with van der Waals surface area (Å²) in [7, 11) is 1.57. The number of carbonyl (C=O) groups is 1. The highest BCUT2D eigenvalue weighted by Crippen LogP contribution is 2.30. The normalized spacial score (nSPS) is 14.1. The molecular formula is C27H23NO4. The van der Waals surface area contributed by atoms with Crippen LogP contribution in [0.1, 0.15) is 18.1 Å². The minimum absolute atomic E-state index is 0.227. The smallest absolute Gasteiger partial charge is 0.363 e. The van der Waals surface area contributed by atoms with Crippen LogP contribution in [0.3, 0.4) is 0 Å². The van der Waals surface area contributed by atoms with Crippen molar-refractivity contribution in [2.75, 3.05) is 13.7 Å². The van der Waals surface area contributed by atoms with E-state index in [1.54, 1.807) is 25.3 Å². The largest absolute Gasteiger partial charge is 0.493 e. The Labute approximate surface area is 187 Å². The van der Waals surface area contributed by atoms with Crippen LogP contribution in [0, 0.1) is 0 Å². The van der Waals surface area contributed by atoms with Gasteiger partial charge < -0.3 is 14.2 Å². The highest BCUT2D eigenvalue weighted by Gasteiger charge is 2.24. The number of hydrogen-bond donors (Lipinski definition) is 0. The SMILES string of the molecule is C=C(C)COc1ccc(/C=C2\N=C(c3ccc(-c4ccccc4)cc3)OC2=O)cc1OC. The van der Waals surface area contributed by atoms with Gasteiger partial charge in [-0.25, -0.2) is 9.79 Å². The molecule has 0 atom stereocenters. The lowest BCUT2D eigenvalue weighted by Gasteiger charge is -2.11. The lowest BCUT2D eigenvalue weighted by molar-refractivity contribution is -0.129. The molecule has 0 N–H and O–H groups in total. The fraction of sp³-hybridized carbons (Fsp3) is 0.111. The second-order valence-corrected chi connectivity index (χ2v) is 7.44. The second-order valence-electron chi connectivity index (χ2n) is 7.44. The Morgan fingerprint density at radius 2 is 1.66 bits per heavy atom. The predicted molar refractivity (Wildman–Crippen MR) is 126 cm³/mol. The molecule has 0 saturated carbocycles. The quantitative estimate of drug-likeness (QED) is 0.278. The Kier molecular flexibility index (Phi) is 6.17. The van der Waals surface area contributed by atoms with Crippen LogP contribution < -0.4 is 9.47 Å². The van der Waals surface area contributed by atoms with Crippen molar-refractivity contribution in [3.05, 3.63) is 102 Å². The van der Waals surface area contributed by atoms with Gasteiger partial charge in [-0.2, -0.15) is 0 Å². The van der Waals surface area contributed by atoms with E-state index >= 15 is 0 Å².